The van der Waals surface area contributed by atoms with E-state index in [9.17, 15) is 42.0 Å². The molecule has 3 aliphatic rings. The number of fused-ring (bicyclic) bond motifs is 2. The Hall–Kier alpha value is -5.43. The summed E-state index contributed by atoms with van der Waals surface area (Å²) in [6.45, 7) is 8.82. The van der Waals surface area contributed by atoms with E-state index in [4.69, 9.17) is 55.2 Å². The molecule has 2 atom stereocenters. The quantitative estimate of drug-likeness (QED) is 0.0487. The number of primary amides is 1. The van der Waals surface area contributed by atoms with Crippen LogP contribution in [-0.2, 0) is 76.7 Å². The Labute approximate surface area is 497 Å². The minimum absolute atomic E-state index is 0.0239. The molecule has 3 fully saturated rings. The number of likely N-dealkylation sites (tertiary alicyclic amines) is 1. The molecule has 0 saturated carbocycles. The maximum atomic E-state index is 14.0. The molecule has 2 aromatic rings. The monoisotopic (exact) mass is 1220 g/mol. The first-order valence-electron chi connectivity index (χ1n) is 28.7. The number of benzene rings is 2. The molecule has 7 amide bonds. The number of halogens is 1. The average molecular weight is 1220 g/mol. The third kappa shape index (κ3) is 26.0. The van der Waals surface area contributed by atoms with E-state index < -0.39 is 15.9 Å². The zero-order valence-electron chi connectivity index (χ0n) is 48.4. The molecule has 3 saturated heterocycles. The van der Waals surface area contributed by atoms with Crippen LogP contribution in [0.5, 0.6) is 0 Å². The van der Waals surface area contributed by atoms with Crippen LogP contribution in [-0.4, -0.2) is 236 Å². The highest BCUT2D eigenvalue weighted by Gasteiger charge is 2.42. The highest BCUT2D eigenvalue weighted by molar-refractivity contribution is 7.89. The van der Waals surface area contributed by atoms with Crippen molar-refractivity contribution in [3.63, 3.8) is 0 Å². The van der Waals surface area contributed by atoms with Crippen LogP contribution in [0.4, 0.5) is 5.69 Å². The van der Waals surface area contributed by atoms with Gasteiger partial charge in [-0.2, -0.15) is 0 Å². The van der Waals surface area contributed by atoms with E-state index in [1.54, 1.807) is 11.8 Å². The van der Waals surface area contributed by atoms with Gasteiger partial charge in [-0.1, -0.05) is 17.7 Å². The molecule has 84 heavy (non-hydrogen) atoms. The molecular formula is C56H86ClN9O17S. The molecule has 0 radical (unpaired) electrons. The number of carbonyl (C=O) groups is 7. The summed E-state index contributed by atoms with van der Waals surface area (Å²) in [4.78, 5) is 91.3. The zero-order valence-corrected chi connectivity index (χ0v) is 50.0. The number of hydrogen-bond acceptors (Lipinski definition) is 18. The van der Waals surface area contributed by atoms with Gasteiger partial charge in [0.1, 0.15) is 26.4 Å². The molecule has 28 heteroatoms. The van der Waals surface area contributed by atoms with Crippen LogP contribution >= 0.6 is 11.6 Å². The summed E-state index contributed by atoms with van der Waals surface area (Å²) in [5.41, 5.74) is 6.95. The zero-order chi connectivity index (χ0) is 60.5. The number of hydrogen-bond donors (Lipinski definition) is 6. The van der Waals surface area contributed by atoms with Gasteiger partial charge in [0.2, 0.25) is 45.5 Å². The molecule has 26 nitrogen and oxygen atoms in total. The molecule has 3 heterocycles. The van der Waals surface area contributed by atoms with Crippen LogP contribution in [0.2, 0.25) is 5.02 Å². The first-order valence-corrected chi connectivity index (χ1v) is 30.6. The maximum Gasteiger partial charge on any atom is 0.251 e. The van der Waals surface area contributed by atoms with Crippen LogP contribution in [0.25, 0.3) is 0 Å². The number of piperidine rings is 2. The van der Waals surface area contributed by atoms with Gasteiger partial charge in [0.15, 0.2) is 0 Å². The summed E-state index contributed by atoms with van der Waals surface area (Å²) in [6, 6.07) is 11.7. The molecule has 2 bridgehead atoms. The van der Waals surface area contributed by atoms with Crippen molar-refractivity contribution in [1.82, 2.24) is 35.8 Å². The largest absolute Gasteiger partial charge is 0.377 e. The summed E-state index contributed by atoms with van der Waals surface area (Å²) in [5.74, 6) is -2.02. The van der Waals surface area contributed by atoms with E-state index in [0.29, 0.717) is 62.4 Å². The van der Waals surface area contributed by atoms with Gasteiger partial charge in [-0.25, -0.2) is 13.1 Å². The number of nitrogens with zero attached hydrogens (tertiary/aromatic N) is 3. The predicted octanol–water partition coefficient (Wildman–Crippen LogP) is 0.300. The van der Waals surface area contributed by atoms with Crippen LogP contribution < -0.4 is 36.6 Å². The van der Waals surface area contributed by atoms with Crippen LogP contribution in [0, 0.1) is 12.8 Å². The third-order valence-corrected chi connectivity index (χ3v) is 16.1. The Bertz CT molecular complexity index is 2480. The van der Waals surface area contributed by atoms with Crippen molar-refractivity contribution in [2.75, 3.05) is 163 Å². The number of nitrogens with one attached hydrogen (secondary N) is 5. The Kier molecular flexibility index (Phi) is 31.9. The fourth-order valence-electron chi connectivity index (χ4n) is 9.82. The van der Waals surface area contributed by atoms with E-state index in [2.05, 4.69) is 30.9 Å². The first kappa shape index (κ1) is 69.3. The highest BCUT2D eigenvalue weighted by Crippen LogP contribution is 2.37. The summed E-state index contributed by atoms with van der Waals surface area (Å²) in [6.07, 6.45) is 5.25. The molecular weight excluding hydrogens is 1140 g/mol. The summed E-state index contributed by atoms with van der Waals surface area (Å²) in [7, 11) is -3.86. The van der Waals surface area contributed by atoms with Gasteiger partial charge < -0.3 is 74.7 Å². The number of nitrogens with two attached hydrogens (primary N) is 1. The van der Waals surface area contributed by atoms with Crippen LogP contribution in [0.1, 0.15) is 67.8 Å². The molecule has 5 rings (SSSR count). The molecule has 0 spiro atoms. The number of carbonyl (C=O) groups excluding carboxylic acids is 7. The fourth-order valence-corrected chi connectivity index (χ4v) is 11.3. The van der Waals surface area contributed by atoms with Crippen LogP contribution in [0.3, 0.4) is 0 Å². The summed E-state index contributed by atoms with van der Waals surface area (Å²) in [5, 5.41) is 11.3. The van der Waals surface area contributed by atoms with Crippen molar-refractivity contribution in [2.45, 2.75) is 81.8 Å². The van der Waals surface area contributed by atoms with Gasteiger partial charge in [-0.15, -0.1) is 0 Å². The maximum absolute atomic E-state index is 14.0. The number of aryl methyl sites for hydroxylation is 1. The fraction of sp³-hybridized carbons (Fsp3) is 0.661. The summed E-state index contributed by atoms with van der Waals surface area (Å²) >= 11 is 6.52. The van der Waals surface area contributed by atoms with Gasteiger partial charge in [0, 0.05) is 99.6 Å². The molecule has 3 aliphatic heterocycles. The lowest BCUT2D eigenvalue weighted by atomic mass is 9.94. The molecule has 0 aromatic heterocycles. The molecule has 0 aliphatic carbocycles. The standard InChI is InChI=1S/C56H86ClN9O17S/c1-41-4-7-48(36-50(41)57)66(56(73)44-12-20-64(21-13-44)42(2)67)19-3-18-65-46-8-9-47(65)35-45(34-46)63-84(74,75)49-10-5-43(6-11-49)55(72)62-17-25-79-29-33-83-40-54(71)61-16-24-78-28-32-82-39-53(70)60-15-23-77-27-31-81-38-52(69)59-14-22-76-26-30-80-37-51(58)68/h4-7,10-11,36,44-47,63H,3,8-9,12-35,37-40H2,1-2H3,(H2,58,68)(H,59,69)(H,60,70)(H,61,71)(H,62,72). The Balaban J connectivity index is 0.822. The Morgan fingerprint density at radius 3 is 1.55 bits per heavy atom. The number of amides is 7. The first-order chi connectivity index (χ1) is 40.5. The molecule has 470 valence electrons. The van der Waals surface area contributed by atoms with E-state index in [-0.39, 0.29) is 190 Å². The second-order valence-electron chi connectivity index (χ2n) is 20.4. The van der Waals surface area contributed by atoms with Crippen molar-refractivity contribution in [3.8, 4) is 0 Å². The van der Waals surface area contributed by atoms with E-state index in [0.717, 1.165) is 37.1 Å². The Morgan fingerprint density at radius 2 is 1.08 bits per heavy atom. The van der Waals surface area contributed by atoms with Crippen LogP contribution in [0.15, 0.2) is 47.4 Å². The average Bonchev–Trinajstić information content (AvgIpc) is 3.06. The smallest absolute Gasteiger partial charge is 0.251 e. The van der Waals surface area contributed by atoms with Gasteiger partial charge in [-0.05, 0) is 93.8 Å². The van der Waals surface area contributed by atoms with E-state index in [1.165, 1.54) is 24.3 Å². The van der Waals surface area contributed by atoms with Crippen molar-refractivity contribution >= 4 is 68.7 Å². The van der Waals surface area contributed by atoms with E-state index >= 15 is 0 Å². The van der Waals surface area contributed by atoms with Gasteiger partial charge in [-0.3, -0.25) is 38.5 Å². The molecule has 7 N–H and O–H groups in total. The minimum atomic E-state index is -3.86. The Morgan fingerprint density at radius 1 is 0.619 bits per heavy atom. The molecule has 2 unspecified atom stereocenters. The normalized spacial score (nSPS) is 17.2. The van der Waals surface area contributed by atoms with Gasteiger partial charge in [0.25, 0.3) is 5.91 Å². The molecule has 2 aromatic carbocycles. The van der Waals surface area contributed by atoms with Gasteiger partial charge in [0.05, 0.1) is 84.2 Å². The number of anilines is 1. The van der Waals surface area contributed by atoms with Crippen molar-refractivity contribution in [1.29, 1.82) is 0 Å². The second-order valence-corrected chi connectivity index (χ2v) is 22.5. The SMILES string of the molecule is CC(=O)N1CCC(C(=O)N(CCCN2C3CCC2CC(NS(=O)(=O)c2ccc(C(=O)NCCOCCOCC(=O)NCCOCCOCC(=O)NCCOCCOCC(=O)NCCOCCOCC(N)=O)cc2)C3)c2ccc(C)c(Cl)c2)CC1. The van der Waals surface area contributed by atoms with Gasteiger partial charge >= 0.3 is 0 Å². The van der Waals surface area contributed by atoms with Crippen molar-refractivity contribution < 1.29 is 79.9 Å². The third-order valence-electron chi connectivity index (χ3n) is 14.1. The van der Waals surface area contributed by atoms with Crippen molar-refractivity contribution in [3.05, 3.63) is 58.6 Å². The summed E-state index contributed by atoms with van der Waals surface area (Å²) < 4.78 is 72.4. The lowest BCUT2D eigenvalue weighted by molar-refractivity contribution is -0.133. The number of sulfonamides is 1. The number of ether oxygens (including phenoxy) is 8. The lowest BCUT2D eigenvalue weighted by Gasteiger charge is -2.39. The van der Waals surface area contributed by atoms with Crippen molar-refractivity contribution in [2.24, 2.45) is 11.7 Å². The topological polar surface area (TPSA) is 323 Å². The number of rotatable bonds is 42. The minimum Gasteiger partial charge on any atom is -0.377 e. The lowest BCUT2D eigenvalue weighted by Crippen LogP contribution is -2.51. The van der Waals surface area contributed by atoms with E-state index in [1.807, 2.05) is 30.0 Å². The highest BCUT2D eigenvalue weighted by atomic mass is 35.5. The second kappa shape index (κ2) is 38.6. The predicted molar refractivity (Wildman–Crippen MR) is 309 cm³/mol.